The molecule has 0 amide bonds. The molecule has 1 N–H and O–H groups in total. The van der Waals surface area contributed by atoms with Crippen molar-refractivity contribution >= 4 is 68.0 Å². The van der Waals surface area contributed by atoms with Gasteiger partial charge in [0.1, 0.15) is 5.76 Å². The molecule has 0 spiro atoms. The number of hydrogen-bond donors (Lipinski definition) is 1. The number of carbonyl (C=O) groups excluding carboxylic acids is 1. The fraction of sp³-hybridized carbons (Fsp3) is 0.467. The van der Waals surface area contributed by atoms with Crippen LogP contribution >= 0.6 is 0 Å². The second-order valence-electron chi connectivity index (χ2n) is 17.3. The number of benzene rings is 3. The number of rotatable bonds is 9. The largest absolute Gasteiger partial charge is 0.512 e. The summed E-state index contributed by atoms with van der Waals surface area (Å²) in [4.78, 5) is 16.9. The Morgan fingerprint density at radius 2 is 1.55 bits per heavy atom. The summed E-state index contributed by atoms with van der Waals surface area (Å²) in [6.45, 7) is 28.0. The van der Waals surface area contributed by atoms with Crippen molar-refractivity contribution < 1.29 is 32.7 Å². The van der Waals surface area contributed by atoms with Gasteiger partial charge in [0.05, 0.1) is 10.8 Å². The summed E-state index contributed by atoms with van der Waals surface area (Å²) in [6, 6.07) is 17.4. The summed E-state index contributed by atoms with van der Waals surface area (Å²) >= 11 is 0. The third kappa shape index (κ3) is 7.70. The number of fused-ring (bicyclic) bond motifs is 5. The van der Waals surface area contributed by atoms with E-state index in [0.717, 1.165) is 70.4 Å². The summed E-state index contributed by atoms with van der Waals surface area (Å²) < 4.78 is 19.7. The molecule has 0 fully saturated rings. The van der Waals surface area contributed by atoms with Crippen molar-refractivity contribution in [2.45, 2.75) is 121 Å². The summed E-state index contributed by atoms with van der Waals surface area (Å²) in [5, 5.41) is 16.6. The second-order valence-corrected chi connectivity index (χ2v) is 22.4. The number of aliphatic hydroxyl groups is 1. The van der Waals surface area contributed by atoms with Gasteiger partial charge in [0, 0.05) is 54.2 Å². The van der Waals surface area contributed by atoms with Crippen LogP contribution in [0.25, 0.3) is 49.0 Å². The molecule has 0 aliphatic carbocycles. The Labute approximate surface area is 323 Å². The van der Waals surface area contributed by atoms with Gasteiger partial charge in [0.25, 0.3) is 0 Å². The minimum Gasteiger partial charge on any atom is -0.512 e. The Balaban J connectivity index is 0.000000299. The summed E-state index contributed by atoms with van der Waals surface area (Å²) in [5.41, 5.74) is 6.18. The zero-order valence-corrected chi connectivity index (χ0v) is 36.6. The zero-order chi connectivity index (χ0) is 38.7. The molecule has 0 aliphatic rings. The number of ketones is 1. The van der Waals surface area contributed by atoms with E-state index >= 15 is 0 Å². The molecule has 3 heterocycles. The van der Waals surface area contributed by atoms with Gasteiger partial charge in [-0.05, 0) is 88.4 Å². The molecule has 6 heteroatoms. The third-order valence-corrected chi connectivity index (χ3v) is 13.4. The predicted molar refractivity (Wildman–Crippen MR) is 219 cm³/mol. The molecule has 0 bridgehead atoms. The van der Waals surface area contributed by atoms with Crippen LogP contribution in [0.5, 0.6) is 0 Å². The van der Waals surface area contributed by atoms with E-state index < -0.39 is 8.07 Å². The van der Waals surface area contributed by atoms with Crippen LogP contribution in [0, 0.1) is 29.2 Å². The van der Waals surface area contributed by atoms with Gasteiger partial charge in [0.2, 0.25) is 0 Å². The van der Waals surface area contributed by atoms with Gasteiger partial charge in [-0.2, -0.15) is 0 Å². The Kier molecular flexibility index (Phi) is 10.9. The molecule has 0 saturated carbocycles. The van der Waals surface area contributed by atoms with Crippen LogP contribution in [0.3, 0.4) is 0 Å². The molecule has 0 aliphatic heterocycles. The molecule has 6 aromatic rings. The van der Waals surface area contributed by atoms with Gasteiger partial charge >= 0.3 is 0 Å². The number of pyridine rings is 2. The molecular weight excluding hydrogens is 821 g/mol. The minimum atomic E-state index is -1.69. The second kappa shape index (κ2) is 14.8. The number of carbonyl (C=O) groups is 1. The molecule has 3 aromatic carbocycles. The maximum atomic E-state index is 12.2. The Hall–Kier alpha value is -3.05. The van der Waals surface area contributed by atoms with Gasteiger partial charge < -0.3 is 14.5 Å². The minimum absolute atomic E-state index is 0. The number of aromatic nitrogens is 2. The number of aryl methyl sites for hydroxylation is 1. The van der Waals surface area contributed by atoms with E-state index in [-0.39, 0.29) is 60.1 Å². The molecule has 6 rings (SSSR count). The van der Waals surface area contributed by atoms with Crippen molar-refractivity contribution in [3.8, 4) is 0 Å². The molecule has 0 saturated heterocycles. The van der Waals surface area contributed by atoms with E-state index in [2.05, 4.69) is 99.2 Å². The van der Waals surface area contributed by atoms with Gasteiger partial charge in [-0.3, -0.25) is 4.79 Å². The van der Waals surface area contributed by atoms with E-state index in [0.29, 0.717) is 0 Å². The van der Waals surface area contributed by atoms with Crippen LogP contribution < -0.4 is 5.19 Å². The molecule has 0 unspecified atom stereocenters. The summed E-state index contributed by atoms with van der Waals surface area (Å²) in [6.07, 6.45) is 5.79. The van der Waals surface area contributed by atoms with Crippen LogP contribution in [0.4, 0.5) is 0 Å². The van der Waals surface area contributed by atoms with Crippen molar-refractivity contribution in [2.75, 3.05) is 0 Å². The third-order valence-electron chi connectivity index (χ3n) is 11.4. The average Bonchev–Trinajstić information content (AvgIpc) is 3.40. The van der Waals surface area contributed by atoms with Crippen LogP contribution in [0.15, 0.2) is 60.4 Å². The first kappa shape index (κ1) is 37.7. The van der Waals surface area contributed by atoms with Crippen LogP contribution in [-0.2, 0) is 31.3 Å². The molecule has 275 valence electrons. The SMILES string of the molecule is CCC(C)(CC)C(=O)/C=C(\O)C(C)(CC)CC.[2H]c1nc2c3[c-]c(C)cc4c5ccc(CC(C)(C)C)cc5n(c5cc([Si](C)(C)C)cc(c1[2H])c25)c34.[Ir]. The Bertz CT molecular complexity index is 2340. The summed E-state index contributed by atoms with van der Waals surface area (Å²) in [5.74, 6) is 0.286. The number of allylic oxidation sites excluding steroid dienone is 2. The van der Waals surface area contributed by atoms with E-state index in [9.17, 15) is 9.90 Å². The fourth-order valence-electron chi connectivity index (χ4n) is 7.05. The molecular formula is C45H59IrN2O2Si-. The molecule has 3 aromatic heterocycles. The topological polar surface area (TPSA) is 54.6 Å². The average molecular weight is 882 g/mol. The molecule has 1 radical (unpaired) electrons. The van der Waals surface area contributed by atoms with Gasteiger partial charge in [-0.25, -0.2) is 0 Å². The van der Waals surface area contributed by atoms with Crippen LogP contribution in [0.1, 0.15) is 102 Å². The first-order valence-corrected chi connectivity index (χ1v) is 22.0. The molecule has 0 atom stereocenters. The quantitative estimate of drug-likeness (QED) is 0.0393. The maximum absolute atomic E-state index is 12.2. The zero-order valence-electron chi connectivity index (χ0n) is 35.2. The Morgan fingerprint density at radius 1 is 0.922 bits per heavy atom. The monoisotopic (exact) mass is 882 g/mol. The predicted octanol–water partition coefficient (Wildman–Crippen LogP) is 12.3. The van der Waals surface area contributed by atoms with Crippen molar-refractivity contribution in [3.63, 3.8) is 0 Å². The fourth-order valence-corrected chi connectivity index (χ4v) is 8.20. The first-order valence-electron chi connectivity index (χ1n) is 19.5. The van der Waals surface area contributed by atoms with E-state index in [1.807, 2.05) is 41.5 Å². The number of nitrogens with zero attached hydrogens (tertiary/aromatic N) is 2. The van der Waals surface area contributed by atoms with Crippen LogP contribution in [0.2, 0.25) is 19.6 Å². The van der Waals surface area contributed by atoms with Crippen LogP contribution in [-0.4, -0.2) is 28.3 Å². The van der Waals surface area contributed by atoms with E-state index in [1.165, 1.54) is 33.1 Å². The molecule has 4 nitrogen and oxygen atoms in total. The Morgan fingerprint density at radius 3 is 2.12 bits per heavy atom. The van der Waals surface area contributed by atoms with Gasteiger partial charge in [-0.1, -0.05) is 123 Å². The smallest absolute Gasteiger partial charge is 0.164 e. The normalized spacial score (nSPS) is 13.9. The van der Waals surface area contributed by atoms with Gasteiger partial charge in [-0.15, -0.1) is 17.7 Å². The summed E-state index contributed by atoms with van der Waals surface area (Å²) in [7, 11) is -1.69. The molecule has 51 heavy (non-hydrogen) atoms. The van der Waals surface area contributed by atoms with Crippen molar-refractivity contribution in [3.05, 3.63) is 77.6 Å². The van der Waals surface area contributed by atoms with Gasteiger partial charge in [0.15, 0.2) is 5.78 Å². The maximum Gasteiger partial charge on any atom is 0.164 e. The van der Waals surface area contributed by atoms with E-state index in [4.69, 9.17) is 2.74 Å². The standard InChI is InChI=1S/C30H31N2Si.C15H28O2.Ir/c1-18-12-23-22-9-8-19(17-30(2,3)4)14-25(22)32-26-16-21(33(5,6)7)15-20-10-11-31-28(27(20)26)24(13-18)29(23)32;1-7-14(5,8-2)12(16)11-13(17)15(6,9-3)10-4;/h8-12,14-16H,17H2,1-7H3;11,16H,7-10H2,1-6H3;/q-1;;/b;12-11-;/i10D,11D;;. The van der Waals surface area contributed by atoms with Crippen molar-refractivity contribution in [2.24, 2.45) is 16.2 Å². The van der Waals surface area contributed by atoms with E-state index in [1.54, 1.807) is 0 Å². The number of aliphatic hydroxyl groups excluding tert-OH is 1. The first-order chi connectivity index (χ1) is 24.1. The number of hydrogen-bond acceptors (Lipinski definition) is 3. The van der Waals surface area contributed by atoms with Crippen molar-refractivity contribution in [1.29, 1.82) is 0 Å². The van der Waals surface area contributed by atoms with Crippen molar-refractivity contribution in [1.82, 2.24) is 9.38 Å².